The molecule has 2 amide bonds. The fraction of sp³-hybridized carbons (Fsp3) is 0.400. The molecule has 7 nitrogen and oxygen atoms in total. The summed E-state index contributed by atoms with van der Waals surface area (Å²) >= 11 is 0. The normalized spacial score (nSPS) is 25.0. The summed E-state index contributed by atoms with van der Waals surface area (Å²) in [4.78, 5) is 27.7. The molecule has 2 heterocycles. The van der Waals surface area contributed by atoms with Crippen LogP contribution in [0.15, 0.2) is 54.7 Å². The largest absolute Gasteiger partial charge is 0.441 e. The summed E-state index contributed by atoms with van der Waals surface area (Å²) in [6, 6.07) is 15.8. The summed E-state index contributed by atoms with van der Waals surface area (Å²) in [5, 5.41) is 11.0. The number of nitrogens with one attached hydrogen (secondary N) is 2. The molecule has 32 heavy (non-hydrogen) atoms. The van der Waals surface area contributed by atoms with Crippen LogP contribution in [0.25, 0.3) is 10.9 Å². The summed E-state index contributed by atoms with van der Waals surface area (Å²) in [6.45, 7) is 3.95. The van der Waals surface area contributed by atoms with E-state index in [1.54, 1.807) is 6.20 Å². The minimum atomic E-state index is -0.590. The van der Waals surface area contributed by atoms with E-state index >= 15 is 0 Å². The Morgan fingerprint density at radius 1 is 1.09 bits per heavy atom. The molecule has 0 unspecified atom stereocenters. The molecule has 1 saturated heterocycles. The fourth-order valence-corrected chi connectivity index (χ4v) is 5.26. The van der Waals surface area contributed by atoms with Crippen molar-refractivity contribution in [2.24, 2.45) is 0 Å². The molecule has 3 aromatic rings. The Morgan fingerprint density at radius 3 is 2.59 bits per heavy atom. The number of aromatic amines is 1. The van der Waals surface area contributed by atoms with Gasteiger partial charge in [-0.15, -0.1) is 0 Å². The SMILES string of the molecule is CC1(C)OC(=O)N(C2CCC(NC(=O)c3cccc4[nH]ncc34)CC2)[C@H]1c1ccccc1. The summed E-state index contributed by atoms with van der Waals surface area (Å²) < 4.78 is 5.77. The number of ether oxygens (including phenoxy) is 1. The van der Waals surface area contributed by atoms with E-state index in [9.17, 15) is 9.59 Å². The van der Waals surface area contributed by atoms with Crippen LogP contribution in [-0.2, 0) is 4.74 Å². The molecule has 1 aliphatic carbocycles. The minimum absolute atomic E-state index is 0.0793. The van der Waals surface area contributed by atoms with Crippen LogP contribution in [-0.4, -0.2) is 44.8 Å². The van der Waals surface area contributed by atoms with Gasteiger partial charge in [-0.1, -0.05) is 36.4 Å². The number of aromatic nitrogens is 2. The topological polar surface area (TPSA) is 87.3 Å². The highest BCUT2D eigenvalue weighted by Crippen LogP contribution is 2.44. The first-order valence-corrected chi connectivity index (χ1v) is 11.2. The van der Waals surface area contributed by atoms with Crippen LogP contribution in [0, 0.1) is 0 Å². The molecular formula is C25H28N4O3. The highest BCUT2D eigenvalue weighted by molar-refractivity contribution is 6.06. The van der Waals surface area contributed by atoms with Crippen molar-refractivity contribution in [3.8, 4) is 0 Å². The van der Waals surface area contributed by atoms with Gasteiger partial charge in [-0.2, -0.15) is 5.10 Å². The number of cyclic esters (lactones) is 1. The van der Waals surface area contributed by atoms with Crippen molar-refractivity contribution in [1.29, 1.82) is 0 Å². The Kier molecular flexibility index (Phi) is 5.12. The predicted octanol–water partition coefficient (Wildman–Crippen LogP) is 4.58. The monoisotopic (exact) mass is 432 g/mol. The smallest absolute Gasteiger partial charge is 0.411 e. The fourth-order valence-electron chi connectivity index (χ4n) is 5.26. The molecule has 1 aliphatic heterocycles. The molecule has 2 fully saturated rings. The van der Waals surface area contributed by atoms with Crippen LogP contribution < -0.4 is 5.32 Å². The molecule has 1 saturated carbocycles. The van der Waals surface area contributed by atoms with Gasteiger partial charge >= 0.3 is 6.09 Å². The molecule has 5 rings (SSSR count). The maximum absolute atomic E-state index is 12.9. The van der Waals surface area contributed by atoms with Crippen molar-refractivity contribution in [3.05, 3.63) is 65.9 Å². The summed E-state index contributed by atoms with van der Waals surface area (Å²) in [5.41, 5.74) is 1.98. The second kappa shape index (κ2) is 7.97. The molecule has 1 aromatic heterocycles. The van der Waals surface area contributed by atoms with Crippen LogP contribution in [0.2, 0.25) is 0 Å². The Hall–Kier alpha value is -3.35. The van der Waals surface area contributed by atoms with Crippen LogP contribution >= 0.6 is 0 Å². The number of carbonyl (C=O) groups excluding carboxylic acids is 2. The van der Waals surface area contributed by atoms with Crippen molar-refractivity contribution < 1.29 is 14.3 Å². The van der Waals surface area contributed by atoms with Gasteiger partial charge in [0.25, 0.3) is 5.91 Å². The zero-order valence-corrected chi connectivity index (χ0v) is 18.4. The quantitative estimate of drug-likeness (QED) is 0.632. The number of carbonyl (C=O) groups is 2. The third-order valence-electron chi connectivity index (χ3n) is 6.77. The third kappa shape index (κ3) is 3.61. The summed E-state index contributed by atoms with van der Waals surface area (Å²) in [7, 11) is 0. The number of H-pyrrole nitrogens is 1. The van der Waals surface area contributed by atoms with Gasteiger partial charge in [-0.25, -0.2) is 4.79 Å². The minimum Gasteiger partial charge on any atom is -0.441 e. The van der Waals surface area contributed by atoms with Gasteiger partial charge in [-0.05, 0) is 57.2 Å². The number of hydrogen-bond acceptors (Lipinski definition) is 4. The number of hydrogen-bond donors (Lipinski definition) is 2. The Morgan fingerprint density at radius 2 is 1.84 bits per heavy atom. The lowest BCUT2D eigenvalue weighted by Gasteiger charge is -2.38. The predicted molar refractivity (Wildman–Crippen MR) is 121 cm³/mol. The van der Waals surface area contributed by atoms with Gasteiger partial charge in [0.15, 0.2) is 0 Å². The zero-order valence-electron chi connectivity index (χ0n) is 18.4. The molecule has 1 atom stereocenters. The number of fused-ring (bicyclic) bond motifs is 1. The Labute approximate surface area is 187 Å². The highest BCUT2D eigenvalue weighted by Gasteiger charge is 2.51. The van der Waals surface area contributed by atoms with Gasteiger partial charge in [0.1, 0.15) is 5.60 Å². The number of amides is 2. The van der Waals surface area contributed by atoms with Gasteiger partial charge in [0.2, 0.25) is 0 Å². The molecular weight excluding hydrogens is 404 g/mol. The van der Waals surface area contributed by atoms with Gasteiger partial charge < -0.3 is 10.1 Å². The van der Waals surface area contributed by atoms with Crippen LogP contribution in [0.1, 0.15) is 61.5 Å². The third-order valence-corrected chi connectivity index (χ3v) is 6.77. The first-order valence-electron chi connectivity index (χ1n) is 11.2. The van der Waals surface area contributed by atoms with Gasteiger partial charge in [0.05, 0.1) is 23.3 Å². The lowest BCUT2D eigenvalue weighted by molar-refractivity contribution is 0.0663. The van der Waals surface area contributed by atoms with Gasteiger partial charge in [0, 0.05) is 17.5 Å². The summed E-state index contributed by atoms with van der Waals surface area (Å²) in [5.74, 6) is -0.0793. The van der Waals surface area contributed by atoms with Crippen molar-refractivity contribution in [3.63, 3.8) is 0 Å². The lowest BCUT2D eigenvalue weighted by Crippen LogP contribution is -2.46. The van der Waals surface area contributed by atoms with E-state index in [-0.39, 0.29) is 30.1 Å². The van der Waals surface area contributed by atoms with Crippen LogP contribution in [0.5, 0.6) is 0 Å². The Balaban J connectivity index is 1.27. The van der Waals surface area contributed by atoms with Crippen molar-refractivity contribution >= 4 is 22.9 Å². The molecule has 0 spiro atoms. The standard InChI is InChI=1S/C25H28N4O3/c1-25(2)22(16-7-4-3-5-8-16)29(24(31)32-25)18-13-11-17(12-14-18)27-23(30)19-9-6-10-21-20(19)15-26-28-21/h3-10,15,17-18,22H,11-14H2,1-2H3,(H,26,28)(H,27,30)/t17?,18?,22-/m0/s1. The van der Waals surface area contributed by atoms with Crippen LogP contribution in [0.4, 0.5) is 4.79 Å². The maximum Gasteiger partial charge on any atom is 0.411 e. The Bertz CT molecular complexity index is 1130. The lowest BCUT2D eigenvalue weighted by atomic mass is 9.86. The molecule has 2 N–H and O–H groups in total. The van der Waals surface area contributed by atoms with Crippen molar-refractivity contribution in [2.75, 3.05) is 0 Å². The molecule has 7 heteroatoms. The summed E-state index contributed by atoms with van der Waals surface area (Å²) in [6.07, 6.45) is 4.74. The van der Waals surface area contributed by atoms with Crippen molar-refractivity contribution in [1.82, 2.24) is 20.4 Å². The number of benzene rings is 2. The average Bonchev–Trinajstić information content (AvgIpc) is 3.35. The number of nitrogens with zero attached hydrogens (tertiary/aromatic N) is 2. The van der Waals surface area contributed by atoms with E-state index in [2.05, 4.69) is 27.6 Å². The highest BCUT2D eigenvalue weighted by atomic mass is 16.6. The molecule has 2 aliphatic rings. The molecule has 0 bridgehead atoms. The maximum atomic E-state index is 12.9. The molecule has 2 aromatic carbocycles. The zero-order chi connectivity index (χ0) is 22.3. The second-order valence-electron chi connectivity index (χ2n) is 9.31. The van der Waals surface area contributed by atoms with E-state index in [0.29, 0.717) is 5.56 Å². The van der Waals surface area contributed by atoms with Gasteiger partial charge in [-0.3, -0.25) is 14.8 Å². The van der Waals surface area contributed by atoms with E-state index in [1.807, 2.05) is 55.1 Å². The molecule has 166 valence electrons. The van der Waals surface area contributed by atoms with E-state index < -0.39 is 5.60 Å². The average molecular weight is 433 g/mol. The first-order chi connectivity index (χ1) is 15.4. The van der Waals surface area contributed by atoms with E-state index in [4.69, 9.17) is 4.74 Å². The van der Waals surface area contributed by atoms with Crippen LogP contribution in [0.3, 0.4) is 0 Å². The van der Waals surface area contributed by atoms with E-state index in [0.717, 1.165) is 42.1 Å². The second-order valence-corrected chi connectivity index (χ2v) is 9.31. The first kappa shape index (κ1) is 20.5. The van der Waals surface area contributed by atoms with E-state index in [1.165, 1.54) is 0 Å². The van der Waals surface area contributed by atoms with Crippen molar-refractivity contribution in [2.45, 2.75) is 63.3 Å². The molecule has 0 radical (unpaired) electrons. The number of rotatable bonds is 4.